The van der Waals surface area contributed by atoms with Crippen molar-refractivity contribution in [1.82, 2.24) is 19.7 Å². The number of hydrogen-bond acceptors (Lipinski definition) is 7. The fourth-order valence-electron chi connectivity index (χ4n) is 2.71. The highest BCUT2D eigenvalue weighted by Gasteiger charge is 2.18. The fraction of sp³-hybridized carbons (Fsp3) is 0.300. The zero-order chi connectivity index (χ0) is 20.3. The molecule has 2 heterocycles. The lowest BCUT2D eigenvalue weighted by Gasteiger charge is -2.10. The van der Waals surface area contributed by atoms with E-state index in [4.69, 9.17) is 10.5 Å². The highest BCUT2D eigenvalue weighted by Crippen LogP contribution is 2.27. The van der Waals surface area contributed by atoms with E-state index in [9.17, 15) is 5.26 Å². The Morgan fingerprint density at radius 2 is 1.96 bits per heavy atom. The van der Waals surface area contributed by atoms with Crippen molar-refractivity contribution < 1.29 is 4.74 Å². The second-order valence-corrected chi connectivity index (χ2v) is 7.23. The molecule has 0 aliphatic heterocycles. The minimum absolute atomic E-state index is 0.261. The number of aryl methyl sites for hydroxylation is 1. The number of benzene rings is 1. The molecule has 0 saturated heterocycles. The predicted octanol–water partition coefficient (Wildman–Crippen LogP) is 4.32. The second-order valence-electron chi connectivity index (χ2n) is 6.46. The van der Waals surface area contributed by atoms with Crippen LogP contribution in [0.3, 0.4) is 0 Å². The van der Waals surface area contributed by atoms with E-state index in [2.05, 4.69) is 35.0 Å². The molecule has 0 aliphatic rings. The molecule has 2 N–H and O–H groups in total. The maximum absolute atomic E-state index is 9.36. The molecule has 8 heteroatoms. The van der Waals surface area contributed by atoms with E-state index in [1.165, 1.54) is 22.0 Å². The van der Waals surface area contributed by atoms with Crippen molar-refractivity contribution in [1.29, 1.82) is 5.26 Å². The Kier molecular flexibility index (Phi) is 5.85. The summed E-state index contributed by atoms with van der Waals surface area (Å²) in [5.74, 6) is 2.24. The number of nitrogens with two attached hydrogens (primary N) is 1. The summed E-state index contributed by atoms with van der Waals surface area (Å²) in [5.41, 5.74) is 8.38. The molecule has 0 atom stereocenters. The van der Waals surface area contributed by atoms with Crippen LogP contribution in [0.25, 0.3) is 5.82 Å². The van der Waals surface area contributed by atoms with E-state index in [0.717, 1.165) is 0 Å². The number of aromatic nitrogens is 4. The van der Waals surface area contributed by atoms with Crippen molar-refractivity contribution in [2.75, 3.05) is 12.0 Å². The first-order valence-corrected chi connectivity index (χ1v) is 10.2. The smallest absolute Gasteiger partial charge is 0.225 e. The molecule has 0 amide bonds. The summed E-state index contributed by atoms with van der Waals surface area (Å²) in [6.45, 7) is 6.22. The van der Waals surface area contributed by atoms with Crippen LogP contribution in [0.1, 0.15) is 43.5 Å². The summed E-state index contributed by atoms with van der Waals surface area (Å²) in [7, 11) is 0. The van der Waals surface area contributed by atoms with E-state index in [0.29, 0.717) is 46.2 Å². The molecule has 144 valence electrons. The average Bonchev–Trinajstić information content (AvgIpc) is 3.03. The van der Waals surface area contributed by atoms with Gasteiger partial charge in [-0.2, -0.15) is 20.0 Å². The Morgan fingerprint density at radius 3 is 2.50 bits per heavy atom. The number of nitriles is 1. The quantitative estimate of drug-likeness (QED) is 0.490. The number of rotatable bonds is 6. The van der Waals surface area contributed by atoms with E-state index >= 15 is 0 Å². The number of anilines is 1. The van der Waals surface area contributed by atoms with Crippen LogP contribution in [-0.2, 0) is 6.42 Å². The Hall–Kier alpha value is -3.05. The van der Waals surface area contributed by atoms with Gasteiger partial charge in [0, 0.05) is 6.07 Å². The van der Waals surface area contributed by atoms with Gasteiger partial charge in [0.05, 0.1) is 5.69 Å². The van der Waals surface area contributed by atoms with Gasteiger partial charge in [0.2, 0.25) is 5.88 Å². The van der Waals surface area contributed by atoms with Crippen molar-refractivity contribution >= 4 is 17.6 Å². The molecule has 0 unspecified atom stereocenters. The minimum Gasteiger partial charge on any atom is -0.439 e. The Bertz CT molecular complexity index is 1020. The summed E-state index contributed by atoms with van der Waals surface area (Å²) in [4.78, 5) is 8.88. The molecule has 2 aromatic heterocycles. The fourth-order valence-corrected chi connectivity index (χ4v) is 3.07. The summed E-state index contributed by atoms with van der Waals surface area (Å²) >= 11 is 1.39. The topological polar surface area (TPSA) is 103 Å². The molecular weight excluding hydrogens is 372 g/mol. The number of nitrogens with zero attached hydrogens (tertiary/aromatic N) is 5. The zero-order valence-electron chi connectivity index (χ0n) is 16.3. The maximum atomic E-state index is 9.36. The third-order valence-corrected chi connectivity index (χ3v) is 4.83. The lowest BCUT2D eigenvalue weighted by molar-refractivity contribution is 0.454. The first kappa shape index (κ1) is 19.7. The van der Waals surface area contributed by atoms with Crippen LogP contribution in [0.4, 0.5) is 5.82 Å². The molecule has 0 radical (unpaired) electrons. The molecule has 0 saturated carbocycles. The molecular formula is C20H22N6OS. The zero-order valence-corrected chi connectivity index (χ0v) is 17.1. The highest BCUT2D eigenvalue weighted by molar-refractivity contribution is 7.98. The summed E-state index contributed by atoms with van der Waals surface area (Å²) in [5, 5.41) is 14.3. The molecule has 3 rings (SSSR count). The number of nitrogen functional groups attached to an aromatic ring is 1. The van der Waals surface area contributed by atoms with Crippen molar-refractivity contribution in [2.45, 2.75) is 38.3 Å². The molecule has 0 aliphatic carbocycles. The monoisotopic (exact) mass is 394 g/mol. The normalized spacial score (nSPS) is 10.9. The Morgan fingerprint density at radius 1 is 1.25 bits per heavy atom. The molecule has 0 bridgehead atoms. The molecule has 28 heavy (non-hydrogen) atoms. The SMILES string of the molecule is CCc1nn(-c2cc(Oc3ccc(C(C)C)cc3)nc(SC)n2)c(N)c1C#N. The molecule has 7 nitrogen and oxygen atoms in total. The van der Waals surface area contributed by atoms with Gasteiger partial charge in [-0.15, -0.1) is 0 Å². The van der Waals surface area contributed by atoms with E-state index in [1.807, 2.05) is 37.4 Å². The molecule has 0 spiro atoms. The second kappa shape index (κ2) is 8.31. The van der Waals surface area contributed by atoms with Gasteiger partial charge in [-0.1, -0.05) is 44.7 Å². The van der Waals surface area contributed by atoms with Crippen LogP contribution >= 0.6 is 11.8 Å². The van der Waals surface area contributed by atoms with Crippen LogP contribution in [0.5, 0.6) is 11.6 Å². The minimum atomic E-state index is 0.261. The van der Waals surface area contributed by atoms with Crippen LogP contribution in [0, 0.1) is 11.3 Å². The Balaban J connectivity index is 1.99. The third-order valence-electron chi connectivity index (χ3n) is 4.28. The van der Waals surface area contributed by atoms with Crippen LogP contribution in [0.15, 0.2) is 35.5 Å². The first-order chi connectivity index (χ1) is 13.5. The summed E-state index contributed by atoms with van der Waals surface area (Å²) in [6.07, 6.45) is 2.48. The van der Waals surface area contributed by atoms with Gasteiger partial charge in [0.25, 0.3) is 0 Å². The number of hydrogen-bond donors (Lipinski definition) is 1. The lowest BCUT2D eigenvalue weighted by Crippen LogP contribution is -2.07. The van der Waals surface area contributed by atoms with Gasteiger partial charge >= 0.3 is 0 Å². The standard InChI is InChI=1S/C20H22N6OS/c1-5-16-15(11-21)19(22)26(25-16)17-10-18(24-20(23-17)28-4)27-14-8-6-13(7-9-14)12(2)3/h6-10,12H,5,22H2,1-4H3. The number of thioether (sulfide) groups is 1. The number of ether oxygens (including phenoxy) is 1. The van der Waals surface area contributed by atoms with Crippen LogP contribution in [0.2, 0.25) is 0 Å². The van der Waals surface area contributed by atoms with Gasteiger partial charge in [0.1, 0.15) is 23.2 Å². The van der Waals surface area contributed by atoms with Crippen molar-refractivity contribution in [2.24, 2.45) is 0 Å². The van der Waals surface area contributed by atoms with Crippen LogP contribution < -0.4 is 10.5 Å². The van der Waals surface area contributed by atoms with Crippen molar-refractivity contribution in [3.8, 4) is 23.5 Å². The van der Waals surface area contributed by atoms with Gasteiger partial charge < -0.3 is 10.5 Å². The average molecular weight is 395 g/mol. The molecule has 1 aromatic carbocycles. The first-order valence-electron chi connectivity index (χ1n) is 8.95. The van der Waals surface area contributed by atoms with E-state index in [-0.39, 0.29) is 5.82 Å². The predicted molar refractivity (Wildman–Crippen MR) is 110 cm³/mol. The maximum Gasteiger partial charge on any atom is 0.225 e. The summed E-state index contributed by atoms with van der Waals surface area (Å²) < 4.78 is 7.40. The van der Waals surface area contributed by atoms with Gasteiger partial charge in [-0.25, -0.2) is 4.98 Å². The van der Waals surface area contributed by atoms with Crippen molar-refractivity contribution in [3.63, 3.8) is 0 Å². The Labute approximate surface area is 168 Å². The highest BCUT2D eigenvalue weighted by atomic mass is 32.2. The summed E-state index contributed by atoms with van der Waals surface area (Å²) in [6, 6.07) is 11.7. The van der Waals surface area contributed by atoms with Gasteiger partial charge in [-0.3, -0.25) is 0 Å². The molecule has 0 fully saturated rings. The largest absolute Gasteiger partial charge is 0.439 e. The van der Waals surface area contributed by atoms with Gasteiger partial charge in [-0.05, 0) is 36.3 Å². The molecule has 3 aromatic rings. The van der Waals surface area contributed by atoms with E-state index < -0.39 is 0 Å². The lowest BCUT2D eigenvalue weighted by atomic mass is 10.0. The van der Waals surface area contributed by atoms with Crippen molar-refractivity contribution in [3.05, 3.63) is 47.2 Å². The van der Waals surface area contributed by atoms with Gasteiger partial charge in [0.15, 0.2) is 11.0 Å². The van der Waals surface area contributed by atoms with Crippen LogP contribution in [-0.4, -0.2) is 26.0 Å². The van der Waals surface area contributed by atoms with E-state index in [1.54, 1.807) is 6.07 Å². The third kappa shape index (κ3) is 3.94.